The molecule has 1 saturated heterocycles. The van der Waals surface area contributed by atoms with Gasteiger partial charge in [0, 0.05) is 37.1 Å². The number of anilines is 1. The first-order valence-electron chi connectivity index (χ1n) is 8.74. The molecule has 26 heavy (non-hydrogen) atoms. The fourth-order valence-electron chi connectivity index (χ4n) is 3.14. The lowest BCUT2D eigenvalue weighted by Gasteiger charge is -2.28. The topological polar surface area (TPSA) is 98.2 Å². The molecule has 1 aliphatic heterocycles. The standard InChI is InChI=1S/C18H26N6O2/c1-17(2,3)14-10-13(21-22-14)15(25)23(4)11-18(26)6-9-24(12-18)16-19-7-5-8-20-16/h5,7-8,10,26H,6,9,11-12H2,1-4H3,(H,21,22)/t18-/m1/s1. The Balaban J connectivity index is 1.65. The van der Waals surface area contributed by atoms with Gasteiger partial charge in [0.05, 0.1) is 13.1 Å². The molecule has 0 spiro atoms. The minimum Gasteiger partial charge on any atom is -0.386 e. The van der Waals surface area contributed by atoms with E-state index in [0.717, 1.165) is 5.69 Å². The predicted octanol–water partition coefficient (Wildman–Crippen LogP) is 1.21. The second-order valence-electron chi connectivity index (χ2n) is 8.02. The van der Waals surface area contributed by atoms with Crippen LogP contribution in [0.15, 0.2) is 24.5 Å². The predicted molar refractivity (Wildman–Crippen MR) is 98.1 cm³/mol. The van der Waals surface area contributed by atoms with E-state index < -0.39 is 5.60 Å². The lowest BCUT2D eigenvalue weighted by Crippen LogP contribution is -2.46. The van der Waals surface area contributed by atoms with E-state index in [2.05, 4.69) is 40.9 Å². The van der Waals surface area contributed by atoms with E-state index in [0.29, 0.717) is 31.2 Å². The van der Waals surface area contributed by atoms with Crippen molar-refractivity contribution < 1.29 is 9.90 Å². The lowest BCUT2D eigenvalue weighted by atomic mass is 9.92. The number of likely N-dealkylation sites (N-methyl/N-ethyl adjacent to an activating group) is 1. The van der Waals surface area contributed by atoms with E-state index in [9.17, 15) is 9.90 Å². The number of carbonyl (C=O) groups is 1. The van der Waals surface area contributed by atoms with Crippen molar-refractivity contribution in [2.75, 3.05) is 31.6 Å². The van der Waals surface area contributed by atoms with Crippen LogP contribution in [0.1, 0.15) is 43.4 Å². The van der Waals surface area contributed by atoms with E-state index in [-0.39, 0.29) is 17.9 Å². The third-order valence-electron chi connectivity index (χ3n) is 4.65. The highest BCUT2D eigenvalue weighted by Gasteiger charge is 2.39. The maximum absolute atomic E-state index is 12.7. The molecule has 1 atom stereocenters. The maximum Gasteiger partial charge on any atom is 0.274 e. The monoisotopic (exact) mass is 358 g/mol. The third-order valence-corrected chi connectivity index (χ3v) is 4.65. The molecular formula is C18H26N6O2. The molecule has 0 radical (unpaired) electrons. The van der Waals surface area contributed by atoms with Crippen LogP contribution in [0, 0.1) is 0 Å². The lowest BCUT2D eigenvalue weighted by molar-refractivity contribution is 0.0261. The summed E-state index contributed by atoms with van der Waals surface area (Å²) in [5.74, 6) is 0.388. The first kappa shape index (κ1) is 18.3. The average molecular weight is 358 g/mol. The maximum atomic E-state index is 12.7. The Bertz CT molecular complexity index is 769. The van der Waals surface area contributed by atoms with Gasteiger partial charge in [-0.05, 0) is 18.6 Å². The summed E-state index contributed by atoms with van der Waals surface area (Å²) in [5, 5.41) is 18.0. The quantitative estimate of drug-likeness (QED) is 0.852. The number of carbonyl (C=O) groups excluding carboxylic acids is 1. The van der Waals surface area contributed by atoms with Crippen LogP contribution >= 0.6 is 0 Å². The number of amides is 1. The van der Waals surface area contributed by atoms with Gasteiger partial charge in [-0.3, -0.25) is 9.89 Å². The van der Waals surface area contributed by atoms with Crippen LogP contribution in [0.2, 0.25) is 0 Å². The van der Waals surface area contributed by atoms with Gasteiger partial charge in [0.15, 0.2) is 0 Å². The molecule has 0 aliphatic carbocycles. The number of hydrogen-bond acceptors (Lipinski definition) is 6. The highest BCUT2D eigenvalue weighted by atomic mass is 16.3. The Labute approximate surface area is 153 Å². The molecule has 140 valence electrons. The number of aromatic amines is 1. The van der Waals surface area contributed by atoms with Crippen molar-refractivity contribution in [2.45, 2.75) is 38.2 Å². The van der Waals surface area contributed by atoms with Crippen LogP contribution in [0.4, 0.5) is 5.95 Å². The number of rotatable bonds is 4. The molecule has 2 N–H and O–H groups in total. The second kappa shape index (κ2) is 6.68. The Hall–Kier alpha value is -2.48. The van der Waals surface area contributed by atoms with Crippen LogP contribution in [-0.2, 0) is 5.41 Å². The second-order valence-corrected chi connectivity index (χ2v) is 8.02. The highest BCUT2D eigenvalue weighted by Crippen LogP contribution is 2.26. The number of nitrogens with zero attached hydrogens (tertiary/aromatic N) is 5. The summed E-state index contributed by atoms with van der Waals surface area (Å²) in [6, 6.07) is 3.54. The molecule has 2 aromatic heterocycles. The van der Waals surface area contributed by atoms with Gasteiger partial charge in [-0.15, -0.1) is 0 Å². The van der Waals surface area contributed by atoms with Crippen molar-refractivity contribution in [1.82, 2.24) is 25.1 Å². The number of aliphatic hydroxyl groups is 1. The Morgan fingerprint density at radius 1 is 1.38 bits per heavy atom. The normalized spacial score (nSPS) is 20.4. The van der Waals surface area contributed by atoms with Gasteiger partial charge in [0.25, 0.3) is 5.91 Å². The Morgan fingerprint density at radius 2 is 2.08 bits per heavy atom. The molecule has 3 rings (SSSR count). The molecule has 0 bridgehead atoms. The molecule has 8 heteroatoms. The molecular weight excluding hydrogens is 332 g/mol. The van der Waals surface area contributed by atoms with Crippen LogP contribution in [0.5, 0.6) is 0 Å². The average Bonchev–Trinajstić information content (AvgIpc) is 3.22. The molecule has 2 aromatic rings. The largest absolute Gasteiger partial charge is 0.386 e. The summed E-state index contributed by atoms with van der Waals surface area (Å²) in [6.45, 7) is 7.44. The summed E-state index contributed by atoms with van der Waals surface area (Å²) >= 11 is 0. The summed E-state index contributed by atoms with van der Waals surface area (Å²) in [6.07, 6.45) is 3.91. The van der Waals surface area contributed by atoms with Crippen LogP contribution in [0.3, 0.4) is 0 Å². The zero-order valence-electron chi connectivity index (χ0n) is 15.7. The first-order valence-corrected chi connectivity index (χ1v) is 8.74. The summed E-state index contributed by atoms with van der Waals surface area (Å²) in [5.41, 5.74) is 0.167. The summed E-state index contributed by atoms with van der Waals surface area (Å²) in [7, 11) is 1.69. The van der Waals surface area contributed by atoms with E-state index in [1.807, 2.05) is 4.90 Å². The van der Waals surface area contributed by atoms with Gasteiger partial charge >= 0.3 is 0 Å². The van der Waals surface area contributed by atoms with Crippen LogP contribution in [-0.4, -0.2) is 68.4 Å². The van der Waals surface area contributed by atoms with E-state index in [1.54, 1.807) is 31.6 Å². The SMILES string of the molecule is CN(C[C@]1(O)CCN(c2ncccn2)C1)C(=O)c1cc(C(C)(C)C)[nH]n1. The van der Waals surface area contributed by atoms with Crippen molar-refractivity contribution in [1.29, 1.82) is 0 Å². The van der Waals surface area contributed by atoms with Gasteiger partial charge in [-0.1, -0.05) is 20.8 Å². The number of hydrogen-bond donors (Lipinski definition) is 2. The Morgan fingerprint density at radius 3 is 2.69 bits per heavy atom. The van der Waals surface area contributed by atoms with Crippen molar-refractivity contribution in [3.05, 3.63) is 35.9 Å². The number of aromatic nitrogens is 4. The van der Waals surface area contributed by atoms with E-state index in [1.165, 1.54) is 4.90 Å². The van der Waals surface area contributed by atoms with Crippen LogP contribution in [0.25, 0.3) is 0 Å². The van der Waals surface area contributed by atoms with Crippen LogP contribution < -0.4 is 4.90 Å². The van der Waals surface area contributed by atoms with Crippen molar-refractivity contribution in [3.8, 4) is 0 Å². The molecule has 0 aromatic carbocycles. The number of H-pyrrole nitrogens is 1. The Kier molecular flexibility index (Phi) is 4.70. The zero-order valence-corrected chi connectivity index (χ0v) is 15.7. The fourth-order valence-corrected chi connectivity index (χ4v) is 3.14. The molecule has 8 nitrogen and oxygen atoms in total. The third kappa shape index (κ3) is 3.85. The minimum atomic E-state index is -0.993. The minimum absolute atomic E-state index is 0.107. The van der Waals surface area contributed by atoms with E-state index in [4.69, 9.17) is 0 Å². The van der Waals surface area contributed by atoms with Crippen molar-refractivity contribution in [2.24, 2.45) is 0 Å². The molecule has 0 unspecified atom stereocenters. The van der Waals surface area contributed by atoms with Crippen molar-refractivity contribution >= 4 is 11.9 Å². The zero-order chi connectivity index (χ0) is 18.9. The van der Waals surface area contributed by atoms with E-state index >= 15 is 0 Å². The number of nitrogens with one attached hydrogen (secondary N) is 1. The van der Waals surface area contributed by atoms with Gasteiger partial charge < -0.3 is 14.9 Å². The first-order chi connectivity index (χ1) is 12.2. The highest BCUT2D eigenvalue weighted by molar-refractivity contribution is 5.92. The number of β-amino-alcohol motifs (C(OH)–C–C–N with tert-alkyl or cyclic N) is 1. The van der Waals surface area contributed by atoms with Crippen molar-refractivity contribution in [3.63, 3.8) is 0 Å². The smallest absolute Gasteiger partial charge is 0.274 e. The van der Waals surface area contributed by atoms with Gasteiger partial charge in [0.1, 0.15) is 11.3 Å². The summed E-state index contributed by atoms with van der Waals surface area (Å²) in [4.78, 5) is 24.6. The molecule has 1 fully saturated rings. The fraction of sp³-hybridized carbons (Fsp3) is 0.556. The van der Waals surface area contributed by atoms with Gasteiger partial charge in [-0.2, -0.15) is 5.10 Å². The van der Waals surface area contributed by atoms with Gasteiger partial charge in [-0.25, -0.2) is 9.97 Å². The summed E-state index contributed by atoms with van der Waals surface area (Å²) < 4.78 is 0. The van der Waals surface area contributed by atoms with Gasteiger partial charge in [0.2, 0.25) is 5.95 Å². The molecule has 1 amide bonds. The molecule has 0 saturated carbocycles. The molecule has 3 heterocycles. The molecule has 1 aliphatic rings.